The highest BCUT2D eigenvalue weighted by atomic mass is 19.1. The molecular formula is C26H21FN6O2. The van der Waals surface area contributed by atoms with Crippen LogP contribution in [0.2, 0.25) is 0 Å². The van der Waals surface area contributed by atoms with Crippen LogP contribution in [0.5, 0.6) is 11.5 Å². The van der Waals surface area contributed by atoms with E-state index in [9.17, 15) is 9.18 Å². The van der Waals surface area contributed by atoms with Crippen LogP contribution in [0.4, 0.5) is 16.0 Å². The van der Waals surface area contributed by atoms with Crippen LogP contribution in [0.1, 0.15) is 10.5 Å². The number of pyridine rings is 2. The molecule has 1 amide bonds. The largest absolute Gasteiger partial charge is 0.457 e. The molecule has 2 N–H and O–H groups in total. The van der Waals surface area contributed by atoms with Gasteiger partial charge in [0, 0.05) is 56.1 Å². The van der Waals surface area contributed by atoms with E-state index in [1.165, 1.54) is 12.3 Å². The minimum Gasteiger partial charge on any atom is -0.457 e. The van der Waals surface area contributed by atoms with E-state index in [1.54, 1.807) is 55.8 Å². The number of nitrogens with zero attached hydrogens (tertiary/aromatic N) is 4. The number of aryl methyl sites for hydroxylation is 1. The molecule has 0 radical (unpaired) electrons. The number of hydrogen-bond donors (Lipinski definition) is 2. The molecule has 0 unspecified atom stereocenters. The first-order valence-electron chi connectivity index (χ1n) is 10.8. The van der Waals surface area contributed by atoms with E-state index in [2.05, 4.69) is 25.6 Å². The summed E-state index contributed by atoms with van der Waals surface area (Å²) in [7, 11) is 3.44. The van der Waals surface area contributed by atoms with Crippen molar-refractivity contribution < 1.29 is 13.9 Å². The summed E-state index contributed by atoms with van der Waals surface area (Å²) in [5.41, 5.74) is 3.78. The molecule has 0 saturated heterocycles. The molecule has 174 valence electrons. The number of aromatic nitrogens is 4. The Bertz CT molecular complexity index is 1530. The van der Waals surface area contributed by atoms with Crippen molar-refractivity contribution in [3.63, 3.8) is 0 Å². The molecule has 0 fully saturated rings. The number of benzene rings is 2. The first-order valence-corrected chi connectivity index (χ1v) is 10.8. The van der Waals surface area contributed by atoms with Crippen LogP contribution < -0.4 is 15.4 Å². The van der Waals surface area contributed by atoms with Crippen LogP contribution in [-0.2, 0) is 7.05 Å². The first-order chi connectivity index (χ1) is 17.0. The molecule has 0 aliphatic carbocycles. The molecule has 3 heterocycles. The number of carbonyl (C=O) groups excluding carboxylic acids is 1. The molecule has 0 aliphatic heterocycles. The van der Waals surface area contributed by atoms with E-state index >= 15 is 0 Å². The van der Waals surface area contributed by atoms with Crippen molar-refractivity contribution in [2.45, 2.75) is 0 Å². The van der Waals surface area contributed by atoms with Crippen LogP contribution in [-0.4, -0.2) is 32.5 Å². The zero-order valence-corrected chi connectivity index (χ0v) is 19.0. The summed E-state index contributed by atoms with van der Waals surface area (Å²) in [6.45, 7) is 0. The van der Waals surface area contributed by atoms with E-state index in [-0.39, 0.29) is 17.4 Å². The molecule has 0 atom stereocenters. The number of rotatable bonds is 6. The summed E-state index contributed by atoms with van der Waals surface area (Å²) in [5.74, 6) is 1.04. The van der Waals surface area contributed by atoms with Crippen LogP contribution >= 0.6 is 0 Å². The summed E-state index contributed by atoms with van der Waals surface area (Å²) in [6.07, 6.45) is 4.78. The Morgan fingerprint density at radius 3 is 2.57 bits per heavy atom. The number of hydrogen-bond acceptors (Lipinski definition) is 6. The molecule has 0 bridgehead atoms. The number of ether oxygens (including phenoxy) is 1. The fourth-order valence-corrected chi connectivity index (χ4v) is 3.70. The quantitative estimate of drug-likeness (QED) is 0.362. The topological polar surface area (TPSA) is 94.0 Å². The maximum atomic E-state index is 14.4. The van der Waals surface area contributed by atoms with Gasteiger partial charge in [0.1, 0.15) is 23.0 Å². The van der Waals surface area contributed by atoms with Gasteiger partial charge in [-0.25, -0.2) is 9.37 Å². The van der Waals surface area contributed by atoms with Crippen molar-refractivity contribution >= 4 is 28.6 Å². The van der Waals surface area contributed by atoms with E-state index in [0.717, 1.165) is 11.1 Å². The van der Waals surface area contributed by atoms with Crippen molar-refractivity contribution in [2.75, 3.05) is 12.4 Å². The van der Waals surface area contributed by atoms with E-state index in [0.29, 0.717) is 34.2 Å². The van der Waals surface area contributed by atoms with Gasteiger partial charge in [0.2, 0.25) is 5.95 Å². The lowest BCUT2D eigenvalue weighted by Crippen LogP contribution is -2.18. The van der Waals surface area contributed by atoms with Crippen LogP contribution in [0.3, 0.4) is 0 Å². The summed E-state index contributed by atoms with van der Waals surface area (Å²) < 4.78 is 22.3. The SMILES string of the molecule is CNC(=O)c1cc(Oc2ccc3c(c2)nc(Nc2ccc(F)c(-c4ccncc4)c2)n3C)ccn1. The Balaban J connectivity index is 1.41. The van der Waals surface area contributed by atoms with Crippen molar-refractivity contribution in [3.05, 3.63) is 90.8 Å². The van der Waals surface area contributed by atoms with Crippen LogP contribution in [0.25, 0.3) is 22.2 Å². The molecule has 8 nitrogen and oxygen atoms in total. The van der Waals surface area contributed by atoms with Crippen LogP contribution in [0.15, 0.2) is 79.3 Å². The number of amides is 1. The maximum absolute atomic E-state index is 14.4. The third-order valence-electron chi connectivity index (χ3n) is 5.49. The Hall–Kier alpha value is -4.79. The molecule has 0 saturated carbocycles. The minimum atomic E-state index is -0.316. The van der Waals surface area contributed by atoms with E-state index in [1.807, 2.05) is 29.8 Å². The lowest BCUT2D eigenvalue weighted by Gasteiger charge is -2.09. The summed E-state index contributed by atoms with van der Waals surface area (Å²) in [4.78, 5) is 24.6. The zero-order chi connectivity index (χ0) is 24.4. The smallest absolute Gasteiger partial charge is 0.269 e. The van der Waals surface area contributed by atoms with E-state index in [4.69, 9.17) is 4.74 Å². The predicted molar refractivity (Wildman–Crippen MR) is 131 cm³/mol. The lowest BCUT2D eigenvalue weighted by atomic mass is 10.1. The highest BCUT2D eigenvalue weighted by Crippen LogP contribution is 2.30. The number of carbonyl (C=O) groups is 1. The third kappa shape index (κ3) is 4.51. The van der Waals surface area contributed by atoms with Gasteiger partial charge in [-0.05, 0) is 54.1 Å². The number of nitrogens with one attached hydrogen (secondary N) is 2. The van der Waals surface area contributed by atoms with Gasteiger partial charge >= 0.3 is 0 Å². The molecule has 5 rings (SSSR count). The van der Waals surface area contributed by atoms with Crippen molar-refractivity contribution in [1.82, 2.24) is 24.8 Å². The predicted octanol–water partition coefficient (Wildman–Crippen LogP) is 5.06. The molecule has 9 heteroatoms. The highest BCUT2D eigenvalue weighted by Gasteiger charge is 2.12. The van der Waals surface area contributed by atoms with Gasteiger partial charge in [0.05, 0.1) is 11.0 Å². The van der Waals surface area contributed by atoms with Gasteiger partial charge in [-0.1, -0.05) is 0 Å². The summed E-state index contributed by atoms with van der Waals surface area (Å²) in [6, 6.07) is 17.2. The fourth-order valence-electron chi connectivity index (χ4n) is 3.70. The summed E-state index contributed by atoms with van der Waals surface area (Å²) in [5, 5.41) is 5.81. The van der Waals surface area contributed by atoms with Gasteiger partial charge in [-0.15, -0.1) is 0 Å². The second-order valence-electron chi connectivity index (χ2n) is 7.76. The van der Waals surface area contributed by atoms with Crippen molar-refractivity contribution in [3.8, 4) is 22.6 Å². The minimum absolute atomic E-state index is 0.265. The number of fused-ring (bicyclic) bond motifs is 1. The third-order valence-corrected chi connectivity index (χ3v) is 5.49. The number of halogens is 1. The van der Waals surface area contributed by atoms with Gasteiger partial charge in [-0.3, -0.25) is 14.8 Å². The fraction of sp³-hybridized carbons (Fsp3) is 0.0769. The molecule has 5 aromatic rings. The van der Waals surface area contributed by atoms with Crippen molar-refractivity contribution in [2.24, 2.45) is 7.05 Å². The molecule has 2 aromatic carbocycles. The average molecular weight is 468 g/mol. The highest BCUT2D eigenvalue weighted by molar-refractivity contribution is 5.92. The average Bonchev–Trinajstić information content (AvgIpc) is 3.19. The zero-order valence-electron chi connectivity index (χ0n) is 19.0. The standard InChI is InChI=1S/C26H21FN6O2/c1-28-25(34)23-15-19(9-12-30-23)35-18-4-6-24-22(14-18)32-26(33(24)2)31-17-3-5-21(27)20(13-17)16-7-10-29-11-8-16/h3-15H,1-2H3,(H,28,34)(H,31,32). The first kappa shape index (κ1) is 22.0. The number of imidazole rings is 1. The normalized spacial score (nSPS) is 10.8. The Kier molecular flexibility index (Phi) is 5.80. The Labute approximate surface area is 200 Å². The van der Waals surface area contributed by atoms with Crippen LogP contribution in [0, 0.1) is 5.82 Å². The Morgan fingerprint density at radius 2 is 1.77 bits per heavy atom. The summed E-state index contributed by atoms with van der Waals surface area (Å²) >= 11 is 0. The lowest BCUT2D eigenvalue weighted by molar-refractivity contribution is 0.0958. The molecular weight excluding hydrogens is 447 g/mol. The Morgan fingerprint density at radius 1 is 0.971 bits per heavy atom. The van der Waals surface area contributed by atoms with Gasteiger partial charge in [0.15, 0.2) is 0 Å². The molecule has 35 heavy (non-hydrogen) atoms. The maximum Gasteiger partial charge on any atom is 0.269 e. The molecule has 3 aromatic heterocycles. The van der Waals surface area contributed by atoms with Gasteiger partial charge < -0.3 is 19.9 Å². The second-order valence-corrected chi connectivity index (χ2v) is 7.76. The molecule has 0 aliphatic rings. The monoisotopic (exact) mass is 468 g/mol. The number of anilines is 2. The van der Waals surface area contributed by atoms with Gasteiger partial charge in [0.25, 0.3) is 5.91 Å². The van der Waals surface area contributed by atoms with E-state index < -0.39 is 0 Å². The second kappa shape index (κ2) is 9.22. The van der Waals surface area contributed by atoms with Crippen molar-refractivity contribution in [1.29, 1.82) is 0 Å². The van der Waals surface area contributed by atoms with Gasteiger partial charge in [-0.2, -0.15) is 0 Å². The molecule has 0 spiro atoms.